The van der Waals surface area contributed by atoms with Crippen molar-refractivity contribution in [2.75, 3.05) is 45.9 Å². The lowest BCUT2D eigenvalue weighted by Gasteiger charge is -2.30. The summed E-state index contributed by atoms with van der Waals surface area (Å²) in [7, 11) is -0.752. The molecule has 0 bridgehead atoms. The first-order valence-corrected chi connectivity index (χ1v) is 12.2. The van der Waals surface area contributed by atoms with Crippen molar-refractivity contribution in [3.05, 3.63) is 53.8 Å². The maximum Gasteiger partial charge on any atom is 0.243 e. The fraction of sp³-hybridized carbons (Fsp3) is 0.429. The van der Waals surface area contributed by atoms with Gasteiger partial charge in [-0.1, -0.05) is 29.5 Å². The van der Waals surface area contributed by atoms with E-state index in [0.717, 1.165) is 6.20 Å². The zero-order valence-corrected chi connectivity index (χ0v) is 20.3. The van der Waals surface area contributed by atoms with Crippen molar-refractivity contribution in [1.82, 2.24) is 9.71 Å². The van der Waals surface area contributed by atoms with Crippen LogP contribution in [0, 0.1) is 5.13 Å². The predicted molar refractivity (Wildman–Crippen MR) is 123 cm³/mol. The molecule has 1 amide bonds. The summed E-state index contributed by atoms with van der Waals surface area (Å²) in [5, 5.41) is 2.12. The molecule has 0 spiro atoms. The Balaban J connectivity index is 2.36. The summed E-state index contributed by atoms with van der Waals surface area (Å²) in [5.74, 6) is -0.551. The van der Waals surface area contributed by atoms with Crippen LogP contribution in [0.1, 0.15) is 12.5 Å². The van der Waals surface area contributed by atoms with Crippen molar-refractivity contribution in [1.29, 1.82) is 0 Å². The lowest BCUT2D eigenvalue weighted by molar-refractivity contribution is -0.123. The van der Waals surface area contributed by atoms with Crippen molar-refractivity contribution >= 4 is 32.4 Å². The molecule has 0 aliphatic rings. The molecule has 0 radical (unpaired) electrons. The standard InChI is InChI=1S/C21H28FN3O6S2/c1-5-21(14-31-15(2)13-30-4,19(26)25-20-23-12-18(22)32-20)16-6-8-17(9-7-16)33(27,28)24-10-11-29-3/h5-9,12,15,24H,1,10-11,13-14H2,2-4H3,(H,23,25,26)/t15-,21?/m1/s1. The topological polar surface area (TPSA) is 116 Å². The van der Waals surface area contributed by atoms with Crippen LogP contribution in [0.15, 0.2) is 48.0 Å². The number of hydrogen-bond donors (Lipinski definition) is 2. The van der Waals surface area contributed by atoms with E-state index in [2.05, 4.69) is 21.6 Å². The fourth-order valence-corrected chi connectivity index (χ4v) is 4.47. The van der Waals surface area contributed by atoms with E-state index in [1.54, 1.807) is 6.92 Å². The van der Waals surface area contributed by atoms with E-state index >= 15 is 0 Å². The molecule has 33 heavy (non-hydrogen) atoms. The lowest BCUT2D eigenvalue weighted by atomic mass is 9.80. The van der Waals surface area contributed by atoms with Crippen molar-refractivity contribution in [3.63, 3.8) is 0 Å². The quantitative estimate of drug-likeness (QED) is 0.301. The highest BCUT2D eigenvalue weighted by Crippen LogP contribution is 2.30. The number of carbonyl (C=O) groups is 1. The minimum Gasteiger partial charge on any atom is -0.383 e. The molecule has 0 saturated heterocycles. The molecule has 1 aromatic carbocycles. The number of halogens is 1. The molecule has 0 fully saturated rings. The van der Waals surface area contributed by atoms with Crippen molar-refractivity contribution in [2.45, 2.75) is 23.3 Å². The Bertz CT molecular complexity index is 1030. The van der Waals surface area contributed by atoms with Crippen molar-refractivity contribution in [2.24, 2.45) is 0 Å². The van der Waals surface area contributed by atoms with Gasteiger partial charge in [-0.3, -0.25) is 4.79 Å². The van der Waals surface area contributed by atoms with Gasteiger partial charge in [0.25, 0.3) is 0 Å². The molecule has 2 N–H and O–H groups in total. The van der Waals surface area contributed by atoms with Gasteiger partial charge >= 0.3 is 0 Å². The molecule has 2 atom stereocenters. The molecule has 12 heteroatoms. The highest BCUT2D eigenvalue weighted by atomic mass is 32.2. The van der Waals surface area contributed by atoms with E-state index < -0.39 is 26.5 Å². The Hall–Kier alpha value is -2.22. The number of carbonyl (C=O) groups excluding carboxylic acids is 1. The van der Waals surface area contributed by atoms with Gasteiger partial charge in [-0.25, -0.2) is 18.1 Å². The zero-order chi connectivity index (χ0) is 24.5. The molecule has 2 aromatic rings. The number of nitrogens with zero attached hydrogens (tertiary/aromatic N) is 1. The van der Waals surface area contributed by atoms with E-state index in [1.807, 2.05) is 0 Å². The minimum absolute atomic E-state index is 0.0244. The summed E-state index contributed by atoms with van der Waals surface area (Å²) in [4.78, 5) is 17.2. The van der Waals surface area contributed by atoms with Gasteiger partial charge in [0.15, 0.2) is 10.3 Å². The smallest absolute Gasteiger partial charge is 0.243 e. The van der Waals surface area contributed by atoms with E-state index in [0.29, 0.717) is 23.5 Å². The van der Waals surface area contributed by atoms with Crippen LogP contribution in [0.2, 0.25) is 0 Å². The summed E-state index contributed by atoms with van der Waals surface area (Å²) in [6.45, 7) is 6.14. The summed E-state index contributed by atoms with van der Waals surface area (Å²) in [6.07, 6.45) is 2.08. The highest BCUT2D eigenvalue weighted by molar-refractivity contribution is 7.89. The third-order valence-corrected chi connectivity index (χ3v) is 6.90. The number of ether oxygens (including phenoxy) is 3. The van der Waals surface area contributed by atoms with Crippen molar-refractivity contribution < 1.29 is 31.8 Å². The first-order valence-electron chi connectivity index (χ1n) is 9.94. The van der Waals surface area contributed by atoms with Gasteiger partial charge in [-0.05, 0) is 24.6 Å². The van der Waals surface area contributed by atoms with Gasteiger partial charge < -0.3 is 19.5 Å². The number of amides is 1. The van der Waals surface area contributed by atoms with Crippen LogP contribution in [-0.2, 0) is 34.4 Å². The molecule has 0 saturated carbocycles. The van der Waals surface area contributed by atoms with E-state index in [9.17, 15) is 17.6 Å². The third kappa shape index (κ3) is 7.13. The van der Waals surface area contributed by atoms with Crippen molar-refractivity contribution in [3.8, 4) is 0 Å². The zero-order valence-electron chi connectivity index (χ0n) is 18.7. The maximum absolute atomic E-state index is 13.4. The second kappa shape index (κ2) is 12.3. The number of sulfonamides is 1. The minimum atomic E-state index is -3.75. The van der Waals surface area contributed by atoms with Gasteiger partial charge in [0.2, 0.25) is 15.9 Å². The van der Waals surface area contributed by atoms with Gasteiger partial charge in [-0.2, -0.15) is 4.39 Å². The highest BCUT2D eigenvalue weighted by Gasteiger charge is 2.39. The molecular formula is C21H28FN3O6S2. The summed E-state index contributed by atoms with van der Waals surface area (Å²) >= 11 is 0.683. The molecule has 0 aliphatic carbocycles. The summed E-state index contributed by atoms with van der Waals surface area (Å²) in [6, 6.07) is 5.80. The van der Waals surface area contributed by atoms with Crippen LogP contribution < -0.4 is 10.0 Å². The maximum atomic E-state index is 13.4. The average Bonchev–Trinajstić information content (AvgIpc) is 3.19. The monoisotopic (exact) mass is 501 g/mol. The molecule has 1 unspecified atom stereocenters. The van der Waals surface area contributed by atoms with Crippen LogP contribution in [0.5, 0.6) is 0 Å². The Morgan fingerprint density at radius 2 is 2.00 bits per heavy atom. The second-order valence-corrected chi connectivity index (χ2v) is 9.84. The number of benzene rings is 1. The number of hydrogen-bond acceptors (Lipinski definition) is 8. The Kier molecular flexibility index (Phi) is 10.1. The largest absolute Gasteiger partial charge is 0.383 e. The number of rotatable bonds is 14. The molecule has 182 valence electrons. The Morgan fingerprint density at radius 1 is 1.30 bits per heavy atom. The van der Waals surface area contributed by atoms with Crippen LogP contribution in [0.3, 0.4) is 0 Å². The van der Waals surface area contributed by atoms with Gasteiger partial charge in [0.1, 0.15) is 5.41 Å². The number of aromatic nitrogens is 1. The SMILES string of the molecule is C=CC(CO[C@H](C)COC)(C(=O)Nc1ncc(F)s1)c1ccc(S(=O)(=O)NCCOC)cc1. The van der Waals surface area contributed by atoms with Gasteiger partial charge in [0.05, 0.1) is 37.0 Å². The molecule has 0 aliphatic heterocycles. The normalized spacial score (nSPS) is 14.4. The number of nitrogens with one attached hydrogen (secondary N) is 2. The van der Waals surface area contributed by atoms with Crippen LogP contribution >= 0.6 is 11.3 Å². The van der Waals surface area contributed by atoms with E-state index in [-0.39, 0.29) is 35.9 Å². The summed E-state index contributed by atoms with van der Waals surface area (Å²) in [5.41, 5.74) is -0.969. The van der Waals surface area contributed by atoms with E-state index in [4.69, 9.17) is 14.2 Å². The fourth-order valence-electron chi connectivity index (χ4n) is 2.92. The molecule has 2 rings (SSSR count). The first kappa shape index (κ1) is 27.0. The predicted octanol–water partition coefficient (Wildman–Crippen LogP) is 2.32. The number of methoxy groups -OCH3 is 2. The van der Waals surface area contributed by atoms with Crippen LogP contribution in [0.4, 0.5) is 9.52 Å². The van der Waals surface area contributed by atoms with Gasteiger partial charge in [-0.15, -0.1) is 6.58 Å². The number of thiazole rings is 1. The van der Waals surface area contributed by atoms with Crippen LogP contribution in [-0.4, -0.2) is 66.0 Å². The van der Waals surface area contributed by atoms with Gasteiger partial charge in [0, 0.05) is 20.8 Å². The average molecular weight is 502 g/mol. The number of anilines is 1. The molecule has 9 nitrogen and oxygen atoms in total. The second-order valence-electron chi connectivity index (χ2n) is 7.09. The molecule has 1 heterocycles. The first-order chi connectivity index (χ1) is 15.7. The van der Waals surface area contributed by atoms with E-state index in [1.165, 1.54) is 44.6 Å². The summed E-state index contributed by atoms with van der Waals surface area (Å²) < 4.78 is 56.5. The third-order valence-electron chi connectivity index (χ3n) is 4.73. The Labute approximate surface area is 197 Å². The molecule has 1 aromatic heterocycles. The lowest BCUT2D eigenvalue weighted by Crippen LogP contribution is -2.43. The molecular weight excluding hydrogens is 473 g/mol. The Morgan fingerprint density at radius 3 is 2.55 bits per heavy atom. The van der Waals surface area contributed by atoms with Crippen LogP contribution in [0.25, 0.3) is 0 Å².